The predicted molar refractivity (Wildman–Crippen MR) is 108 cm³/mol. The zero-order valence-corrected chi connectivity index (χ0v) is 15.6. The quantitative estimate of drug-likeness (QED) is 0.472. The first-order chi connectivity index (χ1) is 14.1. The summed E-state index contributed by atoms with van der Waals surface area (Å²) in [6.07, 6.45) is 5.09. The van der Waals surface area contributed by atoms with Gasteiger partial charge < -0.3 is 10.1 Å². The summed E-state index contributed by atoms with van der Waals surface area (Å²) in [5.74, 6) is -0.434. The number of halogens is 2. The van der Waals surface area contributed by atoms with E-state index in [1.54, 1.807) is 47.3 Å². The average Bonchev–Trinajstić information content (AvgIpc) is 3.23. The van der Waals surface area contributed by atoms with Gasteiger partial charge in [0, 0.05) is 39.0 Å². The Kier molecular flexibility index (Phi) is 4.03. The minimum absolute atomic E-state index is 0.0512. The van der Waals surface area contributed by atoms with Gasteiger partial charge >= 0.3 is 0 Å². The standard InChI is InChI=1S/C21H13ClFN5O/c22-13-2-1-3-15(9-13)25-19-6-7-28-20(27-19)12(11-24-28)8-17-16-10-14(23)4-5-18(16)26-21(17)29/h1-11,26,29H. The van der Waals surface area contributed by atoms with E-state index in [1.807, 2.05) is 12.1 Å². The summed E-state index contributed by atoms with van der Waals surface area (Å²) < 4.78 is 15.3. The molecule has 0 aliphatic heterocycles. The third kappa shape index (κ3) is 3.21. The normalized spacial score (nSPS) is 13.0. The van der Waals surface area contributed by atoms with Crippen LogP contribution in [0.25, 0.3) is 22.6 Å². The zero-order valence-electron chi connectivity index (χ0n) is 14.8. The van der Waals surface area contributed by atoms with E-state index < -0.39 is 0 Å². The van der Waals surface area contributed by atoms with Gasteiger partial charge in [-0.05, 0) is 42.5 Å². The Morgan fingerprint density at radius 3 is 2.93 bits per heavy atom. The fourth-order valence-electron chi connectivity index (χ4n) is 3.19. The van der Waals surface area contributed by atoms with E-state index in [0.717, 1.165) is 0 Å². The van der Waals surface area contributed by atoms with Crippen LogP contribution in [0.4, 0.5) is 10.1 Å². The van der Waals surface area contributed by atoms with Gasteiger partial charge in [0.2, 0.25) is 0 Å². The van der Waals surface area contributed by atoms with Gasteiger partial charge in [0.1, 0.15) is 5.82 Å². The number of hydrogen-bond acceptors (Lipinski definition) is 4. The molecular formula is C21H13ClFN5O. The highest BCUT2D eigenvalue weighted by molar-refractivity contribution is 6.30. The average molecular weight is 406 g/mol. The Balaban J connectivity index is 1.71. The SMILES string of the molecule is Oc1[nH]c2ccc(F)cc2c1C=c1cnn2ccc(=Nc3cccc(Cl)c3)nc12. The van der Waals surface area contributed by atoms with Crippen LogP contribution in [0.2, 0.25) is 5.02 Å². The van der Waals surface area contributed by atoms with E-state index in [1.165, 1.54) is 12.1 Å². The fourth-order valence-corrected chi connectivity index (χ4v) is 3.38. The summed E-state index contributed by atoms with van der Waals surface area (Å²) in [6, 6.07) is 13.2. The molecule has 5 rings (SSSR count). The molecule has 3 heterocycles. The number of aromatic nitrogens is 4. The Hall–Kier alpha value is -3.71. The van der Waals surface area contributed by atoms with Gasteiger partial charge in [0.05, 0.1) is 11.9 Å². The lowest BCUT2D eigenvalue weighted by atomic mass is 10.1. The third-order valence-corrected chi connectivity index (χ3v) is 4.75. The highest BCUT2D eigenvalue weighted by atomic mass is 35.5. The van der Waals surface area contributed by atoms with Gasteiger partial charge in [-0.1, -0.05) is 17.7 Å². The molecule has 8 heteroatoms. The van der Waals surface area contributed by atoms with Crippen molar-refractivity contribution < 1.29 is 9.50 Å². The molecule has 0 fully saturated rings. The molecule has 3 aromatic heterocycles. The molecule has 142 valence electrons. The molecule has 2 N–H and O–H groups in total. The Morgan fingerprint density at radius 2 is 2.07 bits per heavy atom. The van der Waals surface area contributed by atoms with Crippen molar-refractivity contribution in [2.45, 2.75) is 0 Å². The molecule has 0 aliphatic carbocycles. The van der Waals surface area contributed by atoms with E-state index >= 15 is 0 Å². The van der Waals surface area contributed by atoms with Crippen molar-refractivity contribution in [1.29, 1.82) is 0 Å². The zero-order chi connectivity index (χ0) is 20.0. The van der Waals surface area contributed by atoms with Crippen LogP contribution < -0.4 is 10.7 Å². The van der Waals surface area contributed by atoms with Gasteiger partial charge in [0.15, 0.2) is 17.0 Å². The Morgan fingerprint density at radius 1 is 1.17 bits per heavy atom. The lowest BCUT2D eigenvalue weighted by Gasteiger charge is -1.96. The van der Waals surface area contributed by atoms with Crippen molar-refractivity contribution in [1.82, 2.24) is 19.6 Å². The van der Waals surface area contributed by atoms with Gasteiger partial charge in [-0.3, -0.25) is 0 Å². The van der Waals surface area contributed by atoms with Crippen LogP contribution in [0.1, 0.15) is 5.56 Å². The number of benzene rings is 2. The third-order valence-electron chi connectivity index (χ3n) is 4.51. The van der Waals surface area contributed by atoms with Crippen molar-refractivity contribution in [3.05, 3.63) is 88.0 Å². The number of fused-ring (bicyclic) bond motifs is 2. The monoisotopic (exact) mass is 405 g/mol. The minimum atomic E-state index is -0.383. The first-order valence-electron chi connectivity index (χ1n) is 8.73. The highest BCUT2D eigenvalue weighted by Gasteiger charge is 2.10. The molecule has 0 saturated heterocycles. The van der Waals surface area contributed by atoms with Crippen LogP contribution in [0.3, 0.4) is 0 Å². The largest absolute Gasteiger partial charge is 0.494 e. The van der Waals surface area contributed by atoms with Crippen molar-refractivity contribution in [3.8, 4) is 5.88 Å². The first-order valence-corrected chi connectivity index (χ1v) is 9.11. The maximum Gasteiger partial charge on any atom is 0.196 e. The second kappa shape index (κ2) is 6.72. The summed E-state index contributed by atoms with van der Waals surface area (Å²) >= 11 is 6.01. The molecule has 0 amide bonds. The summed E-state index contributed by atoms with van der Waals surface area (Å²) in [5, 5.41) is 16.4. The number of aromatic hydroxyl groups is 1. The summed E-state index contributed by atoms with van der Waals surface area (Å²) in [7, 11) is 0. The molecule has 0 aliphatic rings. The Labute approximate surface area is 168 Å². The molecule has 29 heavy (non-hydrogen) atoms. The molecule has 0 saturated carbocycles. The Bertz CT molecular complexity index is 1510. The first kappa shape index (κ1) is 17.4. The smallest absolute Gasteiger partial charge is 0.196 e. The van der Waals surface area contributed by atoms with E-state index in [-0.39, 0.29) is 11.7 Å². The van der Waals surface area contributed by atoms with Gasteiger partial charge in [-0.2, -0.15) is 5.10 Å². The van der Waals surface area contributed by atoms with E-state index in [2.05, 4.69) is 20.1 Å². The van der Waals surface area contributed by atoms with Gasteiger partial charge in [0.25, 0.3) is 0 Å². The summed E-state index contributed by atoms with van der Waals surface area (Å²) in [6.45, 7) is 0. The van der Waals surface area contributed by atoms with Crippen molar-refractivity contribution in [3.63, 3.8) is 0 Å². The molecule has 5 aromatic rings. The fraction of sp³-hybridized carbons (Fsp3) is 0. The second-order valence-corrected chi connectivity index (χ2v) is 6.90. The lowest BCUT2D eigenvalue weighted by Crippen LogP contribution is -2.12. The number of nitrogens with zero attached hydrogens (tertiary/aromatic N) is 4. The second-order valence-electron chi connectivity index (χ2n) is 6.47. The maximum absolute atomic E-state index is 13.7. The number of nitrogens with one attached hydrogen (secondary N) is 1. The molecular weight excluding hydrogens is 393 g/mol. The van der Waals surface area contributed by atoms with E-state index in [0.29, 0.717) is 43.5 Å². The van der Waals surface area contributed by atoms with E-state index in [4.69, 9.17) is 11.6 Å². The predicted octanol–water partition coefficient (Wildman–Crippen LogP) is 3.49. The van der Waals surface area contributed by atoms with Crippen molar-refractivity contribution in [2.24, 2.45) is 4.99 Å². The number of aromatic amines is 1. The van der Waals surface area contributed by atoms with Crippen molar-refractivity contribution in [2.75, 3.05) is 0 Å². The maximum atomic E-state index is 13.7. The molecule has 0 radical (unpaired) electrons. The van der Waals surface area contributed by atoms with Crippen LogP contribution in [0, 0.1) is 5.82 Å². The summed E-state index contributed by atoms with van der Waals surface area (Å²) in [4.78, 5) is 11.9. The van der Waals surface area contributed by atoms with Crippen LogP contribution >= 0.6 is 11.6 Å². The van der Waals surface area contributed by atoms with E-state index in [9.17, 15) is 9.50 Å². The van der Waals surface area contributed by atoms with Crippen LogP contribution in [0.5, 0.6) is 5.88 Å². The number of H-pyrrole nitrogens is 1. The highest BCUT2D eigenvalue weighted by Crippen LogP contribution is 2.28. The topological polar surface area (TPSA) is 78.6 Å². The lowest BCUT2D eigenvalue weighted by molar-refractivity contribution is 0.457. The number of rotatable bonds is 2. The molecule has 0 bridgehead atoms. The van der Waals surface area contributed by atoms with Crippen LogP contribution in [-0.2, 0) is 0 Å². The molecule has 0 spiro atoms. The van der Waals surface area contributed by atoms with Gasteiger partial charge in [-0.25, -0.2) is 18.9 Å². The van der Waals surface area contributed by atoms with Crippen LogP contribution in [-0.4, -0.2) is 24.7 Å². The number of hydrogen-bond donors (Lipinski definition) is 2. The minimum Gasteiger partial charge on any atom is -0.494 e. The molecule has 0 atom stereocenters. The van der Waals surface area contributed by atoms with Gasteiger partial charge in [-0.15, -0.1) is 0 Å². The molecule has 6 nitrogen and oxygen atoms in total. The summed E-state index contributed by atoms with van der Waals surface area (Å²) in [5.41, 5.74) is 2.83. The molecule has 2 aromatic carbocycles. The van der Waals surface area contributed by atoms with Crippen molar-refractivity contribution >= 4 is 39.9 Å². The molecule has 0 unspecified atom stereocenters. The van der Waals surface area contributed by atoms with Crippen LogP contribution in [0.15, 0.2) is 65.9 Å².